The van der Waals surface area contributed by atoms with Crippen molar-refractivity contribution in [1.82, 2.24) is 25.0 Å². The Morgan fingerprint density at radius 1 is 1.20 bits per heavy atom. The quantitative estimate of drug-likeness (QED) is 0.554. The van der Waals surface area contributed by atoms with Gasteiger partial charge in [-0.05, 0) is 49.0 Å². The van der Waals surface area contributed by atoms with Crippen LogP contribution in [0, 0.1) is 5.82 Å². The fraction of sp³-hybridized carbons (Fsp3) is 0.480. The van der Waals surface area contributed by atoms with Crippen LogP contribution in [0.4, 0.5) is 4.39 Å². The average molecular weight is 498 g/mol. The lowest BCUT2D eigenvalue weighted by atomic mass is 9.88. The first-order chi connectivity index (χ1) is 17.1. The lowest BCUT2D eigenvalue weighted by Crippen LogP contribution is -2.53. The Balaban J connectivity index is 1.10. The molecule has 0 radical (unpaired) electrons. The number of nitrogens with zero attached hydrogens (tertiary/aromatic N) is 4. The molecule has 0 spiro atoms. The summed E-state index contributed by atoms with van der Waals surface area (Å²) in [7, 11) is 0. The lowest BCUT2D eigenvalue weighted by molar-refractivity contribution is 0.0363. The molecule has 3 atom stereocenters. The van der Waals surface area contributed by atoms with E-state index in [1.807, 2.05) is 6.07 Å². The molecule has 0 aliphatic carbocycles. The Labute approximate surface area is 206 Å². The summed E-state index contributed by atoms with van der Waals surface area (Å²) in [6.45, 7) is 3.77. The molecular formula is C25H28FN5O3S. The summed E-state index contributed by atoms with van der Waals surface area (Å²) in [6, 6.07) is 8.54. The second-order valence-corrected chi connectivity index (χ2v) is 10.6. The first kappa shape index (κ1) is 22.9. The summed E-state index contributed by atoms with van der Waals surface area (Å²) in [5, 5.41) is 23.6. The van der Waals surface area contributed by atoms with Crippen molar-refractivity contribution in [3.05, 3.63) is 57.8 Å². The second-order valence-electron chi connectivity index (χ2n) is 9.51. The van der Waals surface area contributed by atoms with Crippen LogP contribution in [0.2, 0.25) is 0 Å². The number of halogens is 1. The number of hydrogen-bond donors (Lipinski definition) is 2. The maximum absolute atomic E-state index is 15.0. The van der Waals surface area contributed by atoms with Crippen LogP contribution < -0.4 is 15.6 Å². The first-order valence-electron chi connectivity index (χ1n) is 12.1. The number of aryl methyl sites for hydroxylation is 1. The molecule has 1 saturated heterocycles. The number of pyridine rings is 1. The van der Waals surface area contributed by atoms with E-state index >= 15 is 0 Å². The molecule has 0 saturated carbocycles. The third-order valence-electron chi connectivity index (χ3n) is 7.29. The highest BCUT2D eigenvalue weighted by atomic mass is 32.2. The maximum atomic E-state index is 15.0. The summed E-state index contributed by atoms with van der Waals surface area (Å²) >= 11 is 1.72. The summed E-state index contributed by atoms with van der Waals surface area (Å²) in [4.78, 5) is 15.6. The van der Waals surface area contributed by atoms with Gasteiger partial charge in [-0.2, -0.15) is 5.10 Å². The van der Waals surface area contributed by atoms with E-state index in [1.165, 1.54) is 6.07 Å². The van der Waals surface area contributed by atoms with Gasteiger partial charge in [0, 0.05) is 55.5 Å². The first-order valence-corrected chi connectivity index (χ1v) is 13.1. The highest BCUT2D eigenvalue weighted by Gasteiger charge is 2.32. The SMILES string of the molecule is O=c1ccc2ccc(F)c3c2n1CCC3CN1CC[C@H](NCc2cc3c(nn2)OCCS3)[C@H](O)C1. The molecule has 8 nitrogen and oxygen atoms in total. The number of thioether (sulfide) groups is 1. The van der Waals surface area contributed by atoms with E-state index in [0.29, 0.717) is 50.7 Å². The Kier molecular flexibility index (Phi) is 6.21. The molecule has 1 unspecified atom stereocenters. The number of β-amino-alcohol motifs (C(OH)–C–C–N with tert-alkyl or cyclic N) is 1. The van der Waals surface area contributed by atoms with Crippen molar-refractivity contribution in [2.75, 3.05) is 32.0 Å². The summed E-state index contributed by atoms with van der Waals surface area (Å²) in [6.07, 6.45) is 0.957. The van der Waals surface area contributed by atoms with Gasteiger partial charge >= 0.3 is 0 Å². The number of likely N-dealkylation sites (tertiary alicyclic amines) is 1. The van der Waals surface area contributed by atoms with Gasteiger partial charge in [0.25, 0.3) is 5.56 Å². The summed E-state index contributed by atoms with van der Waals surface area (Å²) < 4.78 is 22.2. The van der Waals surface area contributed by atoms with Crippen LogP contribution in [0.3, 0.4) is 0 Å². The Bertz CT molecular complexity index is 1320. The molecule has 3 aromatic rings. The van der Waals surface area contributed by atoms with Crippen LogP contribution in [0.15, 0.2) is 40.0 Å². The molecule has 5 heterocycles. The predicted molar refractivity (Wildman–Crippen MR) is 131 cm³/mol. The fourth-order valence-electron chi connectivity index (χ4n) is 5.55. The number of aliphatic hydroxyl groups excluding tert-OH is 1. The van der Waals surface area contributed by atoms with Crippen LogP contribution in [-0.2, 0) is 13.1 Å². The van der Waals surface area contributed by atoms with Crippen molar-refractivity contribution in [2.24, 2.45) is 0 Å². The van der Waals surface area contributed by atoms with Crippen molar-refractivity contribution in [3.63, 3.8) is 0 Å². The van der Waals surface area contributed by atoms with Crippen molar-refractivity contribution in [2.45, 2.75) is 48.9 Å². The zero-order valence-electron chi connectivity index (χ0n) is 19.3. The standard InChI is InChI=1S/C25H28FN5O3S/c26-18-3-1-15-2-4-22(33)31-8-5-16(23(18)24(15)31)13-30-7-6-19(20(32)14-30)27-12-17-11-21-25(29-28-17)34-9-10-35-21/h1-4,11,16,19-20,27,32H,5-10,12-14H2/t16?,19-,20+/m0/s1. The number of aliphatic hydroxyl groups is 1. The molecule has 10 heteroatoms. The van der Waals surface area contributed by atoms with Crippen LogP contribution >= 0.6 is 11.8 Å². The zero-order valence-corrected chi connectivity index (χ0v) is 20.1. The molecule has 3 aliphatic heterocycles. The maximum Gasteiger partial charge on any atom is 0.251 e. The highest BCUT2D eigenvalue weighted by Crippen LogP contribution is 2.35. The third kappa shape index (κ3) is 4.44. The van der Waals surface area contributed by atoms with Gasteiger partial charge in [-0.3, -0.25) is 4.79 Å². The van der Waals surface area contributed by atoms with Crippen LogP contribution in [0.5, 0.6) is 5.88 Å². The monoisotopic (exact) mass is 497 g/mol. The number of piperidine rings is 1. The Hall–Kier alpha value is -2.53. The minimum Gasteiger partial charge on any atom is -0.475 e. The molecule has 184 valence electrons. The van der Waals surface area contributed by atoms with E-state index in [2.05, 4.69) is 20.4 Å². The molecule has 3 aliphatic rings. The largest absolute Gasteiger partial charge is 0.475 e. The average Bonchev–Trinajstić information content (AvgIpc) is 2.87. The van der Waals surface area contributed by atoms with Gasteiger partial charge in [0.15, 0.2) is 0 Å². The van der Waals surface area contributed by atoms with Crippen molar-refractivity contribution in [3.8, 4) is 5.88 Å². The molecule has 1 aromatic carbocycles. The molecule has 2 N–H and O–H groups in total. The predicted octanol–water partition coefficient (Wildman–Crippen LogP) is 2.13. The number of fused-ring (bicyclic) bond motifs is 1. The van der Waals surface area contributed by atoms with Gasteiger partial charge in [-0.25, -0.2) is 4.39 Å². The minimum absolute atomic E-state index is 0.0114. The number of ether oxygens (including phenoxy) is 1. The second kappa shape index (κ2) is 9.50. The van der Waals surface area contributed by atoms with Gasteiger partial charge in [0.2, 0.25) is 5.88 Å². The van der Waals surface area contributed by atoms with E-state index < -0.39 is 6.10 Å². The van der Waals surface area contributed by atoms with E-state index in [9.17, 15) is 14.3 Å². The summed E-state index contributed by atoms with van der Waals surface area (Å²) in [5.41, 5.74) is 2.10. The van der Waals surface area contributed by atoms with E-state index in [1.54, 1.807) is 34.5 Å². The fourth-order valence-corrected chi connectivity index (χ4v) is 6.38. The number of aromatic nitrogens is 3. The van der Waals surface area contributed by atoms with Gasteiger partial charge in [0.05, 0.1) is 28.8 Å². The van der Waals surface area contributed by atoms with Gasteiger partial charge in [0.1, 0.15) is 5.82 Å². The summed E-state index contributed by atoms with van der Waals surface area (Å²) in [5.74, 6) is 1.24. The zero-order chi connectivity index (χ0) is 23.9. The Morgan fingerprint density at radius 2 is 2.09 bits per heavy atom. The van der Waals surface area contributed by atoms with Crippen LogP contribution in [-0.4, -0.2) is 68.9 Å². The van der Waals surface area contributed by atoms with E-state index in [0.717, 1.165) is 40.2 Å². The molecule has 35 heavy (non-hydrogen) atoms. The molecule has 6 rings (SSSR count). The normalized spacial score (nSPS) is 24.2. The minimum atomic E-state index is -0.536. The lowest BCUT2D eigenvalue weighted by Gasteiger charge is -2.39. The number of rotatable bonds is 5. The number of benzene rings is 1. The molecule has 0 bridgehead atoms. The van der Waals surface area contributed by atoms with Crippen LogP contribution in [0.1, 0.15) is 30.0 Å². The Morgan fingerprint density at radius 3 is 2.97 bits per heavy atom. The van der Waals surface area contributed by atoms with Crippen molar-refractivity contribution in [1.29, 1.82) is 0 Å². The van der Waals surface area contributed by atoms with Gasteiger partial charge in [-0.1, -0.05) is 0 Å². The molecular weight excluding hydrogens is 469 g/mol. The van der Waals surface area contributed by atoms with E-state index in [-0.39, 0.29) is 23.3 Å². The highest BCUT2D eigenvalue weighted by molar-refractivity contribution is 7.99. The van der Waals surface area contributed by atoms with Gasteiger partial charge in [-0.15, -0.1) is 16.9 Å². The van der Waals surface area contributed by atoms with Crippen LogP contribution in [0.25, 0.3) is 10.9 Å². The number of nitrogens with one attached hydrogen (secondary N) is 1. The van der Waals surface area contributed by atoms with Crippen molar-refractivity contribution >= 4 is 22.7 Å². The topological polar surface area (TPSA) is 92.5 Å². The molecule has 0 amide bonds. The third-order valence-corrected chi connectivity index (χ3v) is 8.27. The van der Waals surface area contributed by atoms with E-state index in [4.69, 9.17) is 4.74 Å². The van der Waals surface area contributed by atoms with Crippen molar-refractivity contribution < 1.29 is 14.2 Å². The van der Waals surface area contributed by atoms with Gasteiger partial charge < -0.3 is 24.6 Å². The molecule has 1 fully saturated rings. The number of hydrogen-bond acceptors (Lipinski definition) is 8. The smallest absolute Gasteiger partial charge is 0.251 e. The molecule has 2 aromatic heterocycles.